The van der Waals surface area contributed by atoms with Crippen molar-refractivity contribution in [1.82, 2.24) is 10.1 Å². The molecule has 32 heavy (non-hydrogen) atoms. The van der Waals surface area contributed by atoms with Crippen LogP contribution in [0.4, 0.5) is 19.3 Å². The Balaban J connectivity index is 1.67. The summed E-state index contributed by atoms with van der Waals surface area (Å²) in [4.78, 5) is 36.9. The number of amides is 2. The molecule has 2 amide bonds. The number of carbonyl (C=O) groups is 3. The number of ether oxygens (including phenoxy) is 1. The molecule has 0 aliphatic carbocycles. The summed E-state index contributed by atoms with van der Waals surface area (Å²) < 4.78 is 40.1. The van der Waals surface area contributed by atoms with Crippen LogP contribution in [0.5, 0.6) is 0 Å². The fourth-order valence-electron chi connectivity index (χ4n) is 3.52. The van der Waals surface area contributed by atoms with Crippen molar-refractivity contribution in [1.29, 1.82) is 0 Å². The number of alkyl halides is 2. The van der Waals surface area contributed by atoms with Gasteiger partial charge in [-0.05, 0) is 45.7 Å². The fraction of sp³-hybridized carbons (Fsp3) is 0.524. The standard InChI is InChI=1S/C21H25F2N3O6/c1-20(2,3)31-19(30)26-9-7-12(8-10-26)21(22,23)18(29)24-14-6-4-5-13-15(11-16(27)28)25-32-17(13)14/h4-6,12H,7-11H2,1-3H3,(H,24,29)(H,27,28). The highest BCUT2D eigenvalue weighted by Gasteiger charge is 2.48. The lowest BCUT2D eigenvalue weighted by atomic mass is 9.90. The number of rotatable bonds is 5. The second-order valence-electron chi connectivity index (χ2n) is 8.70. The number of aliphatic carboxylic acids is 1. The number of nitrogens with zero attached hydrogens (tertiary/aromatic N) is 2. The number of anilines is 1. The van der Waals surface area contributed by atoms with E-state index < -0.39 is 41.8 Å². The van der Waals surface area contributed by atoms with Crippen molar-refractivity contribution in [2.75, 3.05) is 18.4 Å². The summed E-state index contributed by atoms with van der Waals surface area (Å²) in [5.74, 6) is -7.57. The van der Waals surface area contributed by atoms with E-state index in [1.807, 2.05) is 0 Å². The summed E-state index contributed by atoms with van der Waals surface area (Å²) in [6.45, 7) is 5.26. The summed E-state index contributed by atoms with van der Waals surface area (Å²) in [5.41, 5.74) is -0.566. The van der Waals surface area contributed by atoms with Crippen LogP contribution in [-0.2, 0) is 20.7 Å². The first-order valence-electron chi connectivity index (χ1n) is 10.1. The molecule has 3 rings (SSSR count). The number of carboxylic acids is 1. The van der Waals surface area contributed by atoms with Crippen molar-refractivity contribution in [3.63, 3.8) is 0 Å². The molecule has 2 heterocycles. The Hall–Kier alpha value is -3.24. The molecule has 1 aromatic carbocycles. The van der Waals surface area contributed by atoms with Gasteiger partial charge >= 0.3 is 18.0 Å². The van der Waals surface area contributed by atoms with Gasteiger partial charge < -0.3 is 24.6 Å². The normalized spacial score (nSPS) is 15.6. The van der Waals surface area contributed by atoms with Crippen LogP contribution in [0.25, 0.3) is 11.0 Å². The maximum Gasteiger partial charge on any atom is 0.410 e. The van der Waals surface area contributed by atoms with Crippen LogP contribution in [0.3, 0.4) is 0 Å². The van der Waals surface area contributed by atoms with Crippen LogP contribution in [0.2, 0.25) is 0 Å². The third kappa shape index (κ3) is 5.14. The number of piperidine rings is 1. The van der Waals surface area contributed by atoms with Gasteiger partial charge in [-0.25, -0.2) is 4.79 Å². The molecule has 0 bridgehead atoms. The Morgan fingerprint density at radius 2 is 1.91 bits per heavy atom. The zero-order chi connectivity index (χ0) is 23.7. The van der Waals surface area contributed by atoms with E-state index in [9.17, 15) is 23.2 Å². The highest BCUT2D eigenvalue weighted by Crippen LogP contribution is 2.36. The van der Waals surface area contributed by atoms with Gasteiger partial charge in [0, 0.05) is 24.4 Å². The van der Waals surface area contributed by atoms with E-state index in [4.69, 9.17) is 14.4 Å². The number of likely N-dealkylation sites (tertiary alicyclic amines) is 1. The van der Waals surface area contributed by atoms with Gasteiger partial charge in [-0.3, -0.25) is 9.59 Å². The number of fused-ring (bicyclic) bond motifs is 1. The first kappa shape index (κ1) is 23.4. The lowest BCUT2D eigenvalue weighted by Crippen LogP contribution is -2.49. The highest BCUT2D eigenvalue weighted by atomic mass is 19.3. The van der Waals surface area contributed by atoms with Crippen LogP contribution >= 0.6 is 0 Å². The monoisotopic (exact) mass is 453 g/mol. The highest BCUT2D eigenvalue weighted by molar-refractivity contribution is 6.03. The smallest absolute Gasteiger partial charge is 0.410 e. The average molecular weight is 453 g/mol. The summed E-state index contributed by atoms with van der Waals surface area (Å²) in [5, 5.41) is 15.1. The zero-order valence-corrected chi connectivity index (χ0v) is 18.0. The molecule has 9 nitrogen and oxygen atoms in total. The lowest BCUT2D eigenvalue weighted by Gasteiger charge is -2.35. The summed E-state index contributed by atoms with van der Waals surface area (Å²) in [6, 6.07) is 4.39. The Morgan fingerprint density at radius 3 is 2.50 bits per heavy atom. The van der Waals surface area contributed by atoms with Crippen LogP contribution in [0.1, 0.15) is 39.3 Å². The Bertz CT molecular complexity index is 1020. The third-order valence-electron chi connectivity index (χ3n) is 5.10. The molecule has 1 aliphatic heterocycles. The van der Waals surface area contributed by atoms with Crippen LogP contribution in [0, 0.1) is 5.92 Å². The predicted octanol–water partition coefficient (Wildman–Crippen LogP) is 3.68. The van der Waals surface area contributed by atoms with Crippen molar-refractivity contribution >= 4 is 34.6 Å². The van der Waals surface area contributed by atoms with Crippen molar-refractivity contribution in [2.24, 2.45) is 5.92 Å². The zero-order valence-electron chi connectivity index (χ0n) is 18.0. The molecule has 1 fully saturated rings. The molecule has 1 aromatic heterocycles. The number of carbonyl (C=O) groups excluding carboxylic acids is 2. The SMILES string of the molecule is CC(C)(C)OC(=O)N1CCC(C(F)(F)C(=O)Nc2cccc3c(CC(=O)O)noc23)CC1. The number of aromatic nitrogens is 1. The number of halogens is 2. The number of hydrogen-bond donors (Lipinski definition) is 2. The maximum atomic E-state index is 14.9. The molecule has 0 spiro atoms. The van der Waals surface area contributed by atoms with E-state index in [1.54, 1.807) is 20.8 Å². The van der Waals surface area contributed by atoms with Crippen LogP contribution in [0.15, 0.2) is 22.7 Å². The second kappa shape index (κ2) is 8.71. The number of benzene rings is 1. The third-order valence-corrected chi connectivity index (χ3v) is 5.10. The largest absolute Gasteiger partial charge is 0.481 e. The molecule has 11 heteroatoms. The Kier molecular flexibility index (Phi) is 6.38. The first-order valence-corrected chi connectivity index (χ1v) is 10.1. The minimum absolute atomic E-state index is 0.0210. The molecular formula is C21H25F2N3O6. The van der Waals surface area contributed by atoms with Gasteiger partial charge in [-0.1, -0.05) is 11.2 Å². The van der Waals surface area contributed by atoms with Crippen LogP contribution < -0.4 is 5.32 Å². The molecular weight excluding hydrogens is 428 g/mol. The van der Waals surface area contributed by atoms with Gasteiger partial charge in [0.15, 0.2) is 5.58 Å². The number of hydrogen-bond acceptors (Lipinski definition) is 6. The molecule has 0 radical (unpaired) electrons. The quantitative estimate of drug-likeness (QED) is 0.708. The molecule has 1 saturated heterocycles. The van der Waals surface area contributed by atoms with Gasteiger partial charge in [0.1, 0.15) is 11.3 Å². The van der Waals surface area contributed by atoms with E-state index >= 15 is 0 Å². The molecule has 0 atom stereocenters. The second-order valence-corrected chi connectivity index (χ2v) is 8.70. The van der Waals surface area contributed by atoms with Crippen LogP contribution in [-0.4, -0.2) is 57.7 Å². The summed E-state index contributed by atoms with van der Waals surface area (Å²) >= 11 is 0. The van der Waals surface area contributed by atoms with Gasteiger partial charge in [0.25, 0.3) is 5.91 Å². The van der Waals surface area contributed by atoms with Crippen molar-refractivity contribution < 1.29 is 37.5 Å². The minimum Gasteiger partial charge on any atom is -0.481 e. The molecule has 0 saturated carbocycles. The van der Waals surface area contributed by atoms with Gasteiger partial charge in [0.05, 0.1) is 12.1 Å². The van der Waals surface area contributed by atoms with E-state index in [1.165, 1.54) is 23.1 Å². The maximum absolute atomic E-state index is 14.9. The van der Waals surface area contributed by atoms with E-state index in [0.717, 1.165) is 0 Å². The van der Waals surface area contributed by atoms with Gasteiger partial charge in [-0.15, -0.1) is 0 Å². The first-order chi connectivity index (χ1) is 14.9. The van der Waals surface area contributed by atoms with Gasteiger partial charge in [-0.2, -0.15) is 8.78 Å². The van der Waals surface area contributed by atoms with Crippen molar-refractivity contribution in [2.45, 2.75) is 51.6 Å². The van der Waals surface area contributed by atoms with E-state index in [2.05, 4.69) is 10.5 Å². The topological polar surface area (TPSA) is 122 Å². The minimum atomic E-state index is -3.69. The predicted molar refractivity (Wildman–Crippen MR) is 109 cm³/mol. The number of carboxylic acid groups (broad SMARTS) is 1. The molecule has 1 aliphatic rings. The molecule has 2 N–H and O–H groups in total. The molecule has 0 unspecified atom stereocenters. The fourth-order valence-corrected chi connectivity index (χ4v) is 3.52. The Morgan fingerprint density at radius 1 is 1.25 bits per heavy atom. The van der Waals surface area contributed by atoms with Gasteiger partial charge in [0.2, 0.25) is 0 Å². The summed E-state index contributed by atoms with van der Waals surface area (Å²) in [6.07, 6.45) is -1.10. The Labute approximate surface area is 182 Å². The number of nitrogens with one attached hydrogen (secondary N) is 1. The molecule has 174 valence electrons. The van der Waals surface area contributed by atoms with E-state index in [0.29, 0.717) is 5.39 Å². The lowest BCUT2D eigenvalue weighted by molar-refractivity contribution is -0.150. The average Bonchev–Trinajstić information content (AvgIpc) is 3.10. The van der Waals surface area contributed by atoms with Crippen molar-refractivity contribution in [3.8, 4) is 0 Å². The van der Waals surface area contributed by atoms with E-state index in [-0.39, 0.29) is 42.9 Å². The summed E-state index contributed by atoms with van der Waals surface area (Å²) in [7, 11) is 0. The molecule has 2 aromatic rings. The van der Waals surface area contributed by atoms with Crippen molar-refractivity contribution in [3.05, 3.63) is 23.9 Å². The number of para-hydroxylation sites is 1.